The third-order valence-electron chi connectivity index (χ3n) is 7.68. The van der Waals surface area contributed by atoms with Gasteiger partial charge in [-0.15, -0.1) is 5.10 Å². The van der Waals surface area contributed by atoms with E-state index >= 15 is 0 Å². The molecule has 2 heterocycles. The summed E-state index contributed by atoms with van der Waals surface area (Å²) < 4.78 is 80.0. The van der Waals surface area contributed by atoms with Gasteiger partial charge in [0.05, 0.1) is 11.3 Å². The van der Waals surface area contributed by atoms with Crippen molar-refractivity contribution in [1.82, 2.24) is 19.7 Å². The molecule has 0 radical (unpaired) electrons. The van der Waals surface area contributed by atoms with Gasteiger partial charge in [0.15, 0.2) is 0 Å². The monoisotopic (exact) mass is 602 g/mol. The average molecular weight is 603 g/mol. The molecule has 15 heteroatoms. The fraction of sp³-hybridized carbons (Fsp3) is 0.519. The van der Waals surface area contributed by atoms with Crippen LogP contribution >= 0.6 is 0 Å². The maximum absolute atomic E-state index is 14.8. The first-order valence-electron chi connectivity index (χ1n) is 13.1. The standard InChI is InChI=1S/C27H28F6N4O5/c1-14-12-35(13-22(38)36(14)18-6-8-26(29,30)9-7-18)24(40)19-10-17(4-5-20(19)28)11-21-15(2)16(3)23(39)37(34-21)42-25(41)27(31,32)33/h4-5,10,14,18H,6-9,11-13H2,1-3H3. The van der Waals surface area contributed by atoms with Crippen LogP contribution in [-0.2, 0) is 16.0 Å². The normalized spacial score (nSPS) is 19.6. The van der Waals surface area contributed by atoms with Crippen LogP contribution in [0.4, 0.5) is 26.3 Å². The second-order valence-electron chi connectivity index (χ2n) is 10.7. The summed E-state index contributed by atoms with van der Waals surface area (Å²) >= 11 is 0. The summed E-state index contributed by atoms with van der Waals surface area (Å²) in [6.07, 6.45) is -5.92. The number of rotatable bonds is 5. The summed E-state index contributed by atoms with van der Waals surface area (Å²) in [4.78, 5) is 56.6. The summed E-state index contributed by atoms with van der Waals surface area (Å²) in [5.41, 5.74) is -0.882. The van der Waals surface area contributed by atoms with E-state index in [4.69, 9.17) is 0 Å². The number of halogens is 6. The van der Waals surface area contributed by atoms with Crippen molar-refractivity contribution in [2.45, 2.75) is 77.1 Å². The number of hydrogen-bond acceptors (Lipinski definition) is 6. The molecule has 228 valence electrons. The van der Waals surface area contributed by atoms with Gasteiger partial charge >= 0.3 is 17.7 Å². The topological polar surface area (TPSA) is 102 Å². The number of hydrogen-bond donors (Lipinski definition) is 0. The van der Waals surface area contributed by atoms with Gasteiger partial charge in [-0.2, -0.15) is 13.2 Å². The molecule has 1 aliphatic heterocycles. The highest BCUT2D eigenvalue weighted by atomic mass is 19.4. The maximum Gasteiger partial charge on any atom is 0.493 e. The lowest BCUT2D eigenvalue weighted by Gasteiger charge is -2.45. The van der Waals surface area contributed by atoms with E-state index in [1.54, 1.807) is 6.92 Å². The Morgan fingerprint density at radius 3 is 2.33 bits per heavy atom. The van der Waals surface area contributed by atoms with Crippen LogP contribution in [0.5, 0.6) is 0 Å². The summed E-state index contributed by atoms with van der Waals surface area (Å²) in [5.74, 6) is -7.51. The van der Waals surface area contributed by atoms with Crippen LogP contribution in [0.1, 0.15) is 65.3 Å². The fourth-order valence-electron chi connectivity index (χ4n) is 5.30. The van der Waals surface area contributed by atoms with E-state index in [-0.39, 0.29) is 78.5 Å². The molecule has 0 bridgehead atoms. The van der Waals surface area contributed by atoms with Gasteiger partial charge in [-0.1, -0.05) is 6.07 Å². The SMILES string of the molecule is Cc1c(Cc2ccc(F)c(C(=O)N3CC(=O)N(C4CCC(F)(F)CC4)C(C)C3)c2)nn(OC(=O)C(F)(F)F)c(=O)c1C. The Kier molecular flexibility index (Phi) is 8.43. The molecule has 2 fully saturated rings. The van der Waals surface area contributed by atoms with Gasteiger partial charge in [0, 0.05) is 43.5 Å². The summed E-state index contributed by atoms with van der Waals surface area (Å²) in [7, 11) is 0. The zero-order valence-corrected chi connectivity index (χ0v) is 22.9. The Morgan fingerprint density at radius 2 is 1.74 bits per heavy atom. The smallest absolute Gasteiger partial charge is 0.334 e. The minimum Gasteiger partial charge on any atom is -0.334 e. The van der Waals surface area contributed by atoms with Crippen LogP contribution in [0.15, 0.2) is 23.0 Å². The number of alkyl halides is 5. The van der Waals surface area contributed by atoms with Crippen molar-refractivity contribution in [3.63, 3.8) is 0 Å². The van der Waals surface area contributed by atoms with Gasteiger partial charge in [0.25, 0.3) is 5.91 Å². The molecule has 0 N–H and O–H groups in total. The molecule has 1 saturated heterocycles. The van der Waals surface area contributed by atoms with Gasteiger partial charge < -0.3 is 14.6 Å². The van der Waals surface area contributed by atoms with Gasteiger partial charge in [-0.3, -0.25) is 14.4 Å². The number of carbonyl (C=O) groups is 3. The van der Waals surface area contributed by atoms with Crippen LogP contribution in [0, 0.1) is 19.7 Å². The van der Waals surface area contributed by atoms with E-state index < -0.39 is 47.3 Å². The van der Waals surface area contributed by atoms with Crippen LogP contribution in [0.2, 0.25) is 0 Å². The van der Waals surface area contributed by atoms with E-state index in [0.717, 1.165) is 6.07 Å². The molecule has 1 saturated carbocycles. The average Bonchev–Trinajstić information content (AvgIpc) is 2.90. The second-order valence-corrected chi connectivity index (χ2v) is 10.7. The van der Waals surface area contributed by atoms with E-state index in [1.807, 2.05) is 0 Å². The van der Waals surface area contributed by atoms with Crippen molar-refractivity contribution in [2.75, 3.05) is 13.1 Å². The quantitative estimate of drug-likeness (QED) is 0.487. The molecule has 0 spiro atoms. The van der Waals surface area contributed by atoms with Gasteiger partial charge in [0.1, 0.15) is 12.4 Å². The second kappa shape index (κ2) is 11.4. The van der Waals surface area contributed by atoms with Crippen LogP contribution in [0.25, 0.3) is 0 Å². The molecule has 2 aromatic rings. The van der Waals surface area contributed by atoms with Gasteiger partial charge in [0.2, 0.25) is 11.8 Å². The molecule has 1 unspecified atom stereocenters. The molecule has 2 amide bonds. The largest absolute Gasteiger partial charge is 0.493 e. The maximum atomic E-state index is 14.8. The molecule has 1 atom stereocenters. The fourth-order valence-corrected chi connectivity index (χ4v) is 5.30. The highest BCUT2D eigenvalue weighted by molar-refractivity contribution is 5.97. The predicted molar refractivity (Wildman–Crippen MR) is 134 cm³/mol. The molecule has 9 nitrogen and oxygen atoms in total. The van der Waals surface area contributed by atoms with Gasteiger partial charge in [-0.05, 0) is 61.7 Å². The number of piperazine rings is 1. The lowest BCUT2D eigenvalue weighted by atomic mass is 9.89. The molecule has 4 rings (SSSR count). The zero-order valence-electron chi connectivity index (χ0n) is 22.9. The molecule has 2 aliphatic rings. The Morgan fingerprint density at radius 1 is 1.10 bits per heavy atom. The van der Waals surface area contributed by atoms with Crippen molar-refractivity contribution >= 4 is 17.8 Å². The first-order chi connectivity index (χ1) is 19.5. The Bertz CT molecular complexity index is 1460. The number of aromatic nitrogens is 2. The number of carbonyl (C=O) groups excluding carboxylic acids is 3. The van der Waals surface area contributed by atoms with Crippen molar-refractivity contribution < 1.29 is 45.6 Å². The molecule has 1 aromatic carbocycles. The zero-order chi connectivity index (χ0) is 31.1. The van der Waals surface area contributed by atoms with Crippen LogP contribution in [-0.4, -0.2) is 74.8 Å². The summed E-state index contributed by atoms with van der Waals surface area (Å²) in [5, 5.41) is 3.72. The van der Waals surface area contributed by atoms with E-state index in [9.17, 15) is 45.5 Å². The molecule has 1 aromatic heterocycles. The lowest BCUT2D eigenvalue weighted by Crippen LogP contribution is -2.60. The summed E-state index contributed by atoms with van der Waals surface area (Å²) in [6.45, 7) is 4.15. The first-order valence-corrected chi connectivity index (χ1v) is 13.1. The number of nitrogens with zero attached hydrogens (tertiary/aromatic N) is 4. The minimum atomic E-state index is -5.37. The highest BCUT2D eigenvalue weighted by Crippen LogP contribution is 2.36. The van der Waals surface area contributed by atoms with Crippen molar-refractivity contribution in [2.24, 2.45) is 0 Å². The predicted octanol–water partition coefficient (Wildman–Crippen LogP) is 3.36. The van der Waals surface area contributed by atoms with Crippen LogP contribution in [0.3, 0.4) is 0 Å². The van der Waals surface area contributed by atoms with Gasteiger partial charge in [-0.25, -0.2) is 18.0 Å². The molecule has 42 heavy (non-hydrogen) atoms. The molecular formula is C27H28F6N4O5. The highest BCUT2D eigenvalue weighted by Gasteiger charge is 2.43. The minimum absolute atomic E-state index is 0.0301. The Hall–Kier alpha value is -3.91. The van der Waals surface area contributed by atoms with Crippen molar-refractivity contribution in [3.05, 3.63) is 62.3 Å². The molecule has 1 aliphatic carbocycles. The Balaban J connectivity index is 1.53. The van der Waals surface area contributed by atoms with E-state index in [0.29, 0.717) is 5.56 Å². The van der Waals surface area contributed by atoms with Crippen molar-refractivity contribution in [1.29, 1.82) is 0 Å². The number of benzene rings is 1. The van der Waals surface area contributed by atoms with E-state index in [1.165, 1.54) is 35.8 Å². The Labute approximate surface area is 236 Å². The van der Waals surface area contributed by atoms with Crippen molar-refractivity contribution in [3.8, 4) is 0 Å². The molecular weight excluding hydrogens is 574 g/mol. The first kappa shape index (κ1) is 31.0. The third kappa shape index (κ3) is 6.44. The third-order valence-corrected chi connectivity index (χ3v) is 7.68. The summed E-state index contributed by atoms with van der Waals surface area (Å²) in [6, 6.07) is 2.66. The van der Waals surface area contributed by atoms with E-state index in [2.05, 4.69) is 9.94 Å². The van der Waals surface area contributed by atoms with Crippen LogP contribution < -0.4 is 10.4 Å². The number of amides is 2. The lowest BCUT2D eigenvalue weighted by molar-refractivity contribution is -0.202.